The fraction of sp³-hybridized carbons (Fsp3) is 0.360. The Morgan fingerprint density at radius 3 is 2.54 bits per heavy atom. The topological polar surface area (TPSA) is 152 Å². The van der Waals surface area contributed by atoms with Crippen LogP contribution in [0.25, 0.3) is 0 Å². The molecule has 0 aliphatic carbocycles. The molecule has 2 aliphatic heterocycles. The molecule has 0 saturated carbocycles. The van der Waals surface area contributed by atoms with E-state index in [2.05, 4.69) is 20.9 Å². The van der Waals surface area contributed by atoms with E-state index in [1.807, 2.05) is 26.0 Å². The number of ether oxygens (including phenoxy) is 1. The maximum Gasteiger partial charge on any atom is 0.415 e. The lowest BCUT2D eigenvalue weighted by molar-refractivity contribution is 0.0401. The molecule has 1 amide bonds. The number of fused-ring (bicyclic) bond motifs is 1. The van der Waals surface area contributed by atoms with Crippen LogP contribution in [-0.2, 0) is 4.74 Å². The van der Waals surface area contributed by atoms with Gasteiger partial charge in [-0.25, -0.2) is 9.79 Å². The van der Waals surface area contributed by atoms with Crippen LogP contribution in [0.5, 0.6) is 0 Å². The number of dihydropyridines is 2. The predicted molar refractivity (Wildman–Crippen MR) is 141 cm³/mol. The Balaban J connectivity index is 2.27. The average molecular weight is 481 g/mol. The van der Waals surface area contributed by atoms with Gasteiger partial charge >= 0.3 is 6.09 Å². The van der Waals surface area contributed by atoms with Crippen molar-refractivity contribution < 1.29 is 9.53 Å². The van der Waals surface area contributed by atoms with Crippen LogP contribution in [0.3, 0.4) is 0 Å². The molecule has 10 heteroatoms. The highest BCUT2D eigenvalue weighted by Crippen LogP contribution is 2.24. The summed E-state index contributed by atoms with van der Waals surface area (Å²) in [7, 11) is 3.22. The van der Waals surface area contributed by atoms with Gasteiger partial charge in [-0.05, 0) is 56.6 Å². The van der Waals surface area contributed by atoms with Gasteiger partial charge in [-0.15, -0.1) is 0 Å². The van der Waals surface area contributed by atoms with E-state index in [0.717, 1.165) is 21.9 Å². The Bertz CT molecular complexity index is 1090. The molecule has 188 valence electrons. The molecule has 35 heavy (non-hydrogen) atoms. The number of rotatable bonds is 7. The second-order valence-electron chi connectivity index (χ2n) is 9.27. The summed E-state index contributed by atoms with van der Waals surface area (Å²) in [5.41, 5.74) is 8.88. The van der Waals surface area contributed by atoms with Crippen molar-refractivity contribution in [2.45, 2.75) is 40.2 Å². The Labute approximate surface area is 207 Å². The molecule has 0 unspecified atom stereocenters. The molecular formula is C25H36N8O2. The summed E-state index contributed by atoms with van der Waals surface area (Å²) in [6.45, 7) is 9.30. The molecule has 0 radical (unpaired) electrons. The molecule has 0 spiro atoms. The molecular weight excluding hydrogens is 444 g/mol. The smallest absolute Gasteiger partial charge is 0.415 e. The minimum atomic E-state index is -0.674. The Kier molecular flexibility index (Phi) is 8.82. The molecule has 0 fully saturated rings. The zero-order valence-corrected chi connectivity index (χ0v) is 21.4. The van der Waals surface area contributed by atoms with E-state index in [4.69, 9.17) is 21.3 Å². The SMILES string of the molecule is CN/C=C(\C(=N)N(C)C(=O)OC(C)(C)C)C1=CNC2=CC=C(N=C(N)C=C(C=N)C(C)C)NC2=C1. The number of amidine groups is 2. The van der Waals surface area contributed by atoms with Crippen molar-refractivity contribution in [2.24, 2.45) is 16.6 Å². The number of likely N-dealkylation sites (N-methyl/N-ethyl adjacent to an activating group) is 1. The predicted octanol–water partition coefficient (Wildman–Crippen LogP) is 3.22. The lowest BCUT2D eigenvalue weighted by Gasteiger charge is -2.27. The summed E-state index contributed by atoms with van der Waals surface area (Å²) in [4.78, 5) is 18.1. The third-order valence-electron chi connectivity index (χ3n) is 4.90. The lowest BCUT2D eigenvalue weighted by Crippen LogP contribution is -2.39. The Morgan fingerprint density at radius 1 is 1.29 bits per heavy atom. The number of carbonyl (C=O) groups is 1. The summed E-state index contributed by atoms with van der Waals surface area (Å²) in [5.74, 6) is 0.942. The molecule has 10 nitrogen and oxygen atoms in total. The van der Waals surface area contributed by atoms with Gasteiger partial charge in [0.2, 0.25) is 0 Å². The fourth-order valence-electron chi connectivity index (χ4n) is 3.06. The highest BCUT2D eigenvalue weighted by molar-refractivity contribution is 6.07. The van der Waals surface area contributed by atoms with Crippen molar-refractivity contribution in [1.29, 1.82) is 10.8 Å². The number of hydrogen-bond acceptors (Lipinski definition) is 8. The molecule has 0 aromatic rings. The van der Waals surface area contributed by atoms with Crippen molar-refractivity contribution in [2.75, 3.05) is 14.1 Å². The third-order valence-corrected chi connectivity index (χ3v) is 4.90. The van der Waals surface area contributed by atoms with Gasteiger partial charge in [0, 0.05) is 43.9 Å². The number of hydrogen-bond donors (Lipinski definition) is 6. The number of amides is 1. The first kappa shape index (κ1) is 27.2. The minimum absolute atomic E-state index is 0.0298. The standard InChI is InChI=1S/C25H36N8O2/c1-15(2)16(12-26)11-21(27)32-22-9-8-19-20(31-22)10-17(13-30-19)18(14-29-6)23(28)33(7)24(34)35-25(3,4)5/h8-15,26,28-31H,1-7H3,(H2,27,32)/b16-11?,18-14-,26-12?,28-23?. The van der Waals surface area contributed by atoms with Gasteiger partial charge in [0.15, 0.2) is 0 Å². The third kappa shape index (κ3) is 7.46. The van der Waals surface area contributed by atoms with Crippen LogP contribution in [0.4, 0.5) is 4.79 Å². The number of nitrogens with one attached hydrogen (secondary N) is 5. The average Bonchev–Trinajstić information content (AvgIpc) is 2.78. The number of nitrogens with two attached hydrogens (primary N) is 1. The lowest BCUT2D eigenvalue weighted by atomic mass is 10.0. The minimum Gasteiger partial charge on any atom is -0.443 e. The number of allylic oxidation sites excluding steroid dienone is 4. The van der Waals surface area contributed by atoms with Gasteiger partial charge in [0.25, 0.3) is 0 Å². The van der Waals surface area contributed by atoms with Crippen molar-refractivity contribution in [3.05, 3.63) is 70.6 Å². The highest BCUT2D eigenvalue weighted by atomic mass is 16.6. The first-order valence-corrected chi connectivity index (χ1v) is 11.2. The van der Waals surface area contributed by atoms with Crippen molar-refractivity contribution in [3.63, 3.8) is 0 Å². The van der Waals surface area contributed by atoms with E-state index in [1.165, 1.54) is 13.3 Å². The van der Waals surface area contributed by atoms with E-state index >= 15 is 0 Å². The summed E-state index contributed by atoms with van der Waals surface area (Å²) < 4.78 is 5.40. The summed E-state index contributed by atoms with van der Waals surface area (Å²) in [6, 6.07) is 0. The van der Waals surface area contributed by atoms with Crippen LogP contribution in [0.2, 0.25) is 0 Å². The molecule has 0 aromatic carbocycles. The maximum absolute atomic E-state index is 12.5. The maximum atomic E-state index is 12.5. The van der Waals surface area contributed by atoms with Gasteiger partial charge in [-0.3, -0.25) is 10.3 Å². The number of nitrogens with zero attached hydrogens (tertiary/aromatic N) is 2. The number of carbonyl (C=O) groups excluding carboxylic acids is 1. The molecule has 0 atom stereocenters. The molecule has 2 rings (SSSR count). The molecule has 0 saturated heterocycles. The summed E-state index contributed by atoms with van der Waals surface area (Å²) >= 11 is 0. The Hall–Kier alpha value is -4.08. The van der Waals surface area contributed by atoms with Crippen LogP contribution in [0.1, 0.15) is 34.6 Å². The van der Waals surface area contributed by atoms with Crippen molar-refractivity contribution in [3.8, 4) is 0 Å². The van der Waals surface area contributed by atoms with Crippen molar-refractivity contribution >= 4 is 24.0 Å². The molecule has 0 bridgehead atoms. The molecule has 2 heterocycles. The van der Waals surface area contributed by atoms with E-state index in [1.54, 1.807) is 52.4 Å². The second kappa shape index (κ2) is 11.4. The van der Waals surface area contributed by atoms with E-state index < -0.39 is 11.7 Å². The highest BCUT2D eigenvalue weighted by Gasteiger charge is 2.26. The quantitative estimate of drug-likeness (QED) is 0.243. The van der Waals surface area contributed by atoms with Crippen molar-refractivity contribution in [1.82, 2.24) is 20.9 Å². The van der Waals surface area contributed by atoms with Gasteiger partial charge in [-0.1, -0.05) is 13.8 Å². The zero-order chi connectivity index (χ0) is 26.3. The molecule has 2 aliphatic rings. The van der Waals surface area contributed by atoms with Gasteiger partial charge in [0.1, 0.15) is 23.1 Å². The normalized spacial score (nSPS) is 16.5. The van der Waals surface area contributed by atoms with Crippen LogP contribution in [0, 0.1) is 16.7 Å². The van der Waals surface area contributed by atoms with E-state index in [0.29, 0.717) is 17.0 Å². The summed E-state index contributed by atoms with van der Waals surface area (Å²) in [6.07, 6.45) is 11.3. The fourth-order valence-corrected chi connectivity index (χ4v) is 3.06. The van der Waals surface area contributed by atoms with Crippen LogP contribution in [-0.4, -0.2) is 48.6 Å². The molecule has 7 N–H and O–H groups in total. The monoisotopic (exact) mass is 480 g/mol. The van der Waals surface area contributed by atoms with Gasteiger partial charge < -0.3 is 31.8 Å². The van der Waals surface area contributed by atoms with Crippen LogP contribution >= 0.6 is 0 Å². The number of aliphatic imine (C=N–C) groups is 1. The molecule has 0 aromatic heterocycles. The summed E-state index contributed by atoms with van der Waals surface area (Å²) in [5, 5.41) is 25.5. The van der Waals surface area contributed by atoms with Gasteiger partial charge in [0.05, 0.1) is 11.4 Å². The van der Waals surface area contributed by atoms with Crippen LogP contribution in [0.15, 0.2) is 75.6 Å². The second-order valence-corrected chi connectivity index (χ2v) is 9.27. The largest absolute Gasteiger partial charge is 0.443 e. The van der Waals surface area contributed by atoms with E-state index in [-0.39, 0.29) is 17.6 Å². The first-order chi connectivity index (χ1) is 16.4. The first-order valence-electron chi connectivity index (χ1n) is 11.2. The zero-order valence-electron chi connectivity index (χ0n) is 21.4. The van der Waals surface area contributed by atoms with Gasteiger partial charge in [-0.2, -0.15) is 0 Å². The Morgan fingerprint density at radius 2 is 1.97 bits per heavy atom. The van der Waals surface area contributed by atoms with E-state index in [9.17, 15) is 4.79 Å². The van der Waals surface area contributed by atoms with Crippen LogP contribution < -0.4 is 21.7 Å².